The number of Topliss-reactive ketones (excluding diaryl/α,β-unsaturated/α-hetero) is 1. The summed E-state index contributed by atoms with van der Waals surface area (Å²) in [6, 6.07) is 3.83. The normalized spacial score (nSPS) is 16.3. The SMILES string of the molecule is COC(=O)N1CCN(c2ccc(Nc3ncc4c(C)c(C(C)=O)c(=O)n(C5CCCC5)c4n3)nc2)CC1. The molecule has 3 aromatic rings. The van der Waals surface area contributed by atoms with Gasteiger partial charge in [0.1, 0.15) is 11.5 Å². The number of carbonyl (C=O) groups excluding carboxylic acids is 2. The Morgan fingerprint density at radius 3 is 2.41 bits per heavy atom. The van der Waals surface area contributed by atoms with E-state index in [0.29, 0.717) is 54.5 Å². The van der Waals surface area contributed by atoms with Gasteiger partial charge in [-0.25, -0.2) is 14.8 Å². The van der Waals surface area contributed by atoms with E-state index in [1.54, 1.807) is 28.8 Å². The van der Waals surface area contributed by atoms with E-state index < -0.39 is 0 Å². The Kier molecular flexibility index (Phi) is 6.77. The molecule has 0 radical (unpaired) electrons. The van der Waals surface area contributed by atoms with Gasteiger partial charge in [0.05, 0.1) is 24.6 Å². The van der Waals surface area contributed by atoms with Gasteiger partial charge in [-0.2, -0.15) is 4.98 Å². The summed E-state index contributed by atoms with van der Waals surface area (Å²) in [6.07, 6.45) is 7.01. The molecule has 0 bridgehead atoms. The molecule has 1 aliphatic carbocycles. The molecule has 1 saturated heterocycles. The Hall–Kier alpha value is -4.02. The number of rotatable bonds is 5. The lowest BCUT2D eigenvalue weighted by molar-refractivity contribution is 0.101. The number of aromatic nitrogens is 4. The number of methoxy groups -OCH3 is 1. The van der Waals surface area contributed by atoms with E-state index in [0.717, 1.165) is 31.4 Å². The molecule has 0 atom stereocenters. The van der Waals surface area contributed by atoms with Gasteiger partial charge in [0, 0.05) is 43.8 Å². The molecule has 194 valence electrons. The summed E-state index contributed by atoms with van der Waals surface area (Å²) < 4.78 is 6.50. The molecule has 11 nitrogen and oxygen atoms in total. The van der Waals surface area contributed by atoms with Gasteiger partial charge in [-0.1, -0.05) is 12.8 Å². The van der Waals surface area contributed by atoms with Gasteiger partial charge in [-0.05, 0) is 44.4 Å². The molecule has 2 fully saturated rings. The topological polar surface area (TPSA) is 123 Å². The number of pyridine rings is 2. The summed E-state index contributed by atoms with van der Waals surface area (Å²) in [5.41, 5.74) is 2.05. The van der Waals surface area contributed by atoms with Crippen molar-refractivity contribution in [2.24, 2.45) is 0 Å². The lowest BCUT2D eigenvalue weighted by atomic mass is 10.0. The second kappa shape index (κ2) is 10.2. The standard InChI is InChI=1S/C26H31N7O4/c1-16-20-15-28-25(30-23(20)33(18-6-4-5-7-18)24(35)22(16)17(2)34)29-21-9-8-19(14-27-21)31-10-12-32(13-11-31)26(36)37-3/h8-9,14-15,18H,4-7,10-13H2,1-3H3,(H,27,28,29,30). The summed E-state index contributed by atoms with van der Waals surface area (Å²) >= 11 is 0. The van der Waals surface area contributed by atoms with Gasteiger partial charge in [0.15, 0.2) is 5.78 Å². The van der Waals surface area contributed by atoms with E-state index in [1.165, 1.54) is 14.0 Å². The number of piperazine rings is 1. The van der Waals surface area contributed by atoms with Crippen molar-refractivity contribution in [1.29, 1.82) is 0 Å². The van der Waals surface area contributed by atoms with Crippen molar-refractivity contribution in [2.75, 3.05) is 43.5 Å². The lowest BCUT2D eigenvalue weighted by Gasteiger charge is -2.35. The number of anilines is 3. The van der Waals surface area contributed by atoms with Crippen LogP contribution in [0, 0.1) is 6.92 Å². The summed E-state index contributed by atoms with van der Waals surface area (Å²) in [7, 11) is 1.39. The van der Waals surface area contributed by atoms with Crippen LogP contribution in [0.15, 0.2) is 29.3 Å². The van der Waals surface area contributed by atoms with Crippen LogP contribution in [0.2, 0.25) is 0 Å². The fourth-order valence-electron chi connectivity index (χ4n) is 5.35. The third-order valence-electron chi connectivity index (χ3n) is 7.32. The molecule has 0 spiro atoms. The number of carbonyl (C=O) groups is 2. The summed E-state index contributed by atoms with van der Waals surface area (Å²) in [6.45, 7) is 5.77. The Morgan fingerprint density at radius 1 is 1.05 bits per heavy atom. The van der Waals surface area contributed by atoms with E-state index in [2.05, 4.69) is 20.2 Å². The molecule has 37 heavy (non-hydrogen) atoms. The number of fused-ring (bicyclic) bond motifs is 1. The maximum Gasteiger partial charge on any atom is 0.409 e. The van der Waals surface area contributed by atoms with Crippen molar-refractivity contribution in [3.63, 3.8) is 0 Å². The highest BCUT2D eigenvalue weighted by molar-refractivity contribution is 5.99. The molecule has 4 heterocycles. The maximum atomic E-state index is 13.4. The fourth-order valence-corrected chi connectivity index (χ4v) is 5.35. The molecular weight excluding hydrogens is 474 g/mol. The van der Waals surface area contributed by atoms with Crippen molar-refractivity contribution in [3.05, 3.63) is 46.0 Å². The van der Waals surface area contributed by atoms with Gasteiger partial charge in [-0.15, -0.1) is 0 Å². The fraction of sp³-hybridized carbons (Fsp3) is 0.462. The van der Waals surface area contributed by atoms with Crippen molar-refractivity contribution in [3.8, 4) is 0 Å². The minimum atomic E-state index is -0.307. The first kappa shape index (κ1) is 24.7. The Bertz CT molecular complexity index is 1390. The Balaban J connectivity index is 1.40. The Morgan fingerprint density at radius 2 is 1.78 bits per heavy atom. The van der Waals surface area contributed by atoms with Crippen LogP contribution in [-0.4, -0.2) is 69.6 Å². The third kappa shape index (κ3) is 4.73. The number of nitrogens with zero attached hydrogens (tertiary/aromatic N) is 6. The quantitative estimate of drug-likeness (QED) is 0.520. The van der Waals surface area contributed by atoms with E-state index in [9.17, 15) is 14.4 Å². The van der Waals surface area contributed by atoms with E-state index in [4.69, 9.17) is 9.72 Å². The first-order valence-electron chi connectivity index (χ1n) is 12.6. The molecule has 2 aliphatic rings. The zero-order valence-electron chi connectivity index (χ0n) is 21.4. The number of hydrogen-bond donors (Lipinski definition) is 1. The highest BCUT2D eigenvalue weighted by atomic mass is 16.5. The molecule has 1 amide bonds. The highest BCUT2D eigenvalue weighted by Crippen LogP contribution is 2.32. The summed E-state index contributed by atoms with van der Waals surface area (Å²) in [4.78, 5) is 54.9. The number of amides is 1. The molecule has 11 heteroatoms. The van der Waals surface area contributed by atoms with Crippen molar-refractivity contribution in [1.82, 2.24) is 24.4 Å². The first-order valence-corrected chi connectivity index (χ1v) is 12.6. The van der Waals surface area contributed by atoms with Crippen LogP contribution < -0.4 is 15.8 Å². The molecular formula is C26H31N7O4. The molecule has 1 aliphatic heterocycles. The van der Waals surface area contributed by atoms with E-state index in [-0.39, 0.29) is 29.0 Å². The zero-order valence-corrected chi connectivity index (χ0v) is 21.4. The van der Waals surface area contributed by atoms with Crippen LogP contribution in [-0.2, 0) is 4.74 Å². The van der Waals surface area contributed by atoms with Gasteiger partial charge in [0.2, 0.25) is 5.95 Å². The average molecular weight is 506 g/mol. The monoisotopic (exact) mass is 505 g/mol. The third-order valence-corrected chi connectivity index (χ3v) is 7.32. The van der Waals surface area contributed by atoms with Crippen LogP contribution in [0.25, 0.3) is 11.0 Å². The number of nitrogens with one attached hydrogen (secondary N) is 1. The Labute approximate surface area is 214 Å². The van der Waals surface area contributed by atoms with Crippen molar-refractivity contribution < 1.29 is 14.3 Å². The predicted molar refractivity (Wildman–Crippen MR) is 140 cm³/mol. The number of aryl methyl sites for hydroxylation is 1. The lowest BCUT2D eigenvalue weighted by Crippen LogP contribution is -2.48. The number of hydrogen-bond acceptors (Lipinski definition) is 9. The van der Waals surface area contributed by atoms with Crippen molar-refractivity contribution >= 4 is 40.4 Å². The summed E-state index contributed by atoms with van der Waals surface area (Å²) in [5, 5.41) is 3.85. The molecule has 0 aromatic carbocycles. The van der Waals surface area contributed by atoms with Crippen LogP contribution >= 0.6 is 0 Å². The molecule has 5 rings (SSSR count). The van der Waals surface area contributed by atoms with E-state index in [1.807, 2.05) is 12.1 Å². The smallest absolute Gasteiger partial charge is 0.409 e. The van der Waals surface area contributed by atoms with Crippen LogP contribution in [0.1, 0.15) is 54.6 Å². The number of ether oxygens (including phenoxy) is 1. The van der Waals surface area contributed by atoms with Gasteiger partial charge in [0.25, 0.3) is 5.56 Å². The molecule has 1 N–H and O–H groups in total. The van der Waals surface area contributed by atoms with Crippen molar-refractivity contribution in [2.45, 2.75) is 45.6 Å². The zero-order chi connectivity index (χ0) is 26.1. The second-order valence-electron chi connectivity index (χ2n) is 9.57. The largest absolute Gasteiger partial charge is 0.453 e. The number of ketones is 1. The van der Waals surface area contributed by atoms with Gasteiger partial charge in [-0.3, -0.25) is 14.2 Å². The second-order valence-corrected chi connectivity index (χ2v) is 9.57. The van der Waals surface area contributed by atoms with Crippen LogP contribution in [0.3, 0.4) is 0 Å². The first-order chi connectivity index (χ1) is 17.9. The maximum absolute atomic E-state index is 13.4. The van der Waals surface area contributed by atoms with E-state index >= 15 is 0 Å². The molecule has 0 unspecified atom stereocenters. The highest BCUT2D eigenvalue weighted by Gasteiger charge is 2.26. The average Bonchev–Trinajstić information content (AvgIpc) is 3.43. The minimum absolute atomic E-state index is 0.0218. The van der Waals surface area contributed by atoms with Gasteiger partial charge >= 0.3 is 6.09 Å². The molecule has 1 saturated carbocycles. The van der Waals surface area contributed by atoms with Gasteiger partial charge < -0.3 is 19.9 Å². The minimum Gasteiger partial charge on any atom is -0.453 e. The van der Waals surface area contributed by atoms with Crippen LogP contribution in [0.5, 0.6) is 0 Å². The van der Waals surface area contributed by atoms with Crippen LogP contribution in [0.4, 0.5) is 22.2 Å². The molecule has 3 aromatic heterocycles. The predicted octanol–water partition coefficient (Wildman–Crippen LogP) is 3.44. The summed E-state index contributed by atoms with van der Waals surface area (Å²) in [5.74, 6) is 0.665.